The third kappa shape index (κ3) is 4.32. The van der Waals surface area contributed by atoms with E-state index in [1.165, 1.54) is 12.1 Å². The highest BCUT2D eigenvalue weighted by molar-refractivity contribution is 6.00. The number of hydrogen-bond acceptors (Lipinski definition) is 6. The fourth-order valence-corrected chi connectivity index (χ4v) is 4.44. The summed E-state index contributed by atoms with van der Waals surface area (Å²) in [5.41, 5.74) is 3.48. The predicted octanol–water partition coefficient (Wildman–Crippen LogP) is 4.20. The van der Waals surface area contributed by atoms with Crippen molar-refractivity contribution in [3.8, 4) is 0 Å². The number of nitrogens with zero attached hydrogens (tertiary/aromatic N) is 1. The Bertz CT molecular complexity index is 1090. The van der Waals surface area contributed by atoms with Crippen molar-refractivity contribution in [1.82, 2.24) is 5.32 Å². The molecule has 1 aliphatic carbocycles. The van der Waals surface area contributed by atoms with E-state index in [-0.39, 0.29) is 18.1 Å². The Kier molecular flexibility index (Phi) is 6.16. The molecule has 0 saturated carbocycles. The van der Waals surface area contributed by atoms with Gasteiger partial charge in [-0.25, -0.2) is 0 Å². The number of carbonyl (C=O) groups excluding carboxylic acids is 2. The van der Waals surface area contributed by atoms with Gasteiger partial charge in [0.05, 0.1) is 11.5 Å². The van der Waals surface area contributed by atoms with Crippen molar-refractivity contribution in [3.05, 3.63) is 99.4 Å². The summed E-state index contributed by atoms with van der Waals surface area (Å²) in [6, 6.07) is 15.7. The van der Waals surface area contributed by atoms with Crippen LogP contribution in [-0.2, 0) is 20.7 Å². The second kappa shape index (κ2) is 9.18. The summed E-state index contributed by atoms with van der Waals surface area (Å²) in [6.07, 6.45) is 2.41. The van der Waals surface area contributed by atoms with Gasteiger partial charge in [0.1, 0.15) is 5.92 Å². The molecule has 4 rings (SSSR count). The van der Waals surface area contributed by atoms with Gasteiger partial charge in [0.25, 0.3) is 5.69 Å². The number of nitrogens with one attached hydrogen (secondary N) is 1. The Morgan fingerprint density at radius 1 is 1.12 bits per heavy atom. The molecule has 0 bridgehead atoms. The van der Waals surface area contributed by atoms with Gasteiger partial charge in [-0.05, 0) is 24.0 Å². The number of ketones is 1. The number of allylic oxidation sites excluding steroid dienone is 2. The summed E-state index contributed by atoms with van der Waals surface area (Å²) in [6.45, 7) is 4.26. The maximum atomic E-state index is 13.2. The smallest absolute Gasteiger partial charge is 0.315 e. The zero-order valence-electron chi connectivity index (χ0n) is 17.6. The zero-order valence-corrected chi connectivity index (χ0v) is 17.6. The summed E-state index contributed by atoms with van der Waals surface area (Å²) in [4.78, 5) is 36.6. The highest BCUT2D eigenvalue weighted by Gasteiger charge is 2.43. The molecular weight excluding hydrogens is 408 g/mol. The number of hydrogen-bond donors (Lipinski definition) is 1. The maximum Gasteiger partial charge on any atom is 0.315 e. The van der Waals surface area contributed by atoms with Gasteiger partial charge in [-0.1, -0.05) is 49.0 Å². The first-order valence-corrected chi connectivity index (χ1v) is 10.6. The molecule has 2 aromatic rings. The number of ether oxygens (including phenoxy) is 1. The van der Waals surface area contributed by atoms with Crippen LogP contribution in [0, 0.1) is 16.0 Å². The first-order valence-electron chi connectivity index (χ1n) is 10.6. The van der Waals surface area contributed by atoms with Crippen LogP contribution in [0.3, 0.4) is 0 Å². The Morgan fingerprint density at radius 2 is 1.84 bits per heavy atom. The van der Waals surface area contributed by atoms with Crippen LogP contribution in [0.5, 0.6) is 0 Å². The summed E-state index contributed by atoms with van der Waals surface area (Å²) in [5, 5.41) is 14.2. The number of nitro benzene ring substituents is 1. The van der Waals surface area contributed by atoms with Crippen LogP contribution in [0.4, 0.5) is 5.69 Å². The van der Waals surface area contributed by atoms with E-state index in [1.807, 2.05) is 30.3 Å². The number of benzene rings is 2. The molecule has 164 valence electrons. The quantitative estimate of drug-likeness (QED) is 0.417. The SMILES string of the molecule is C=C1NC2=C(C(=O)CCC2)C(c2ccc([N+](=O)[O-])cc2)C1C(=O)OCCc1ccccc1. The Labute approximate surface area is 185 Å². The molecule has 1 heterocycles. The van der Waals surface area contributed by atoms with Crippen molar-refractivity contribution >= 4 is 17.4 Å². The van der Waals surface area contributed by atoms with E-state index in [2.05, 4.69) is 11.9 Å². The third-order valence-corrected chi connectivity index (χ3v) is 5.98. The van der Waals surface area contributed by atoms with E-state index in [0.717, 1.165) is 17.7 Å². The lowest BCUT2D eigenvalue weighted by molar-refractivity contribution is -0.384. The van der Waals surface area contributed by atoms with E-state index in [0.29, 0.717) is 36.1 Å². The molecule has 0 fully saturated rings. The molecular formula is C25H24N2O5. The molecule has 1 aliphatic heterocycles. The minimum Gasteiger partial charge on any atom is -0.465 e. The standard InChI is InChI=1S/C25H24N2O5/c1-16-22(25(29)32-15-14-17-6-3-2-4-7-17)23(18-10-12-19(13-11-18)27(30)31)24-20(26-16)8-5-9-21(24)28/h2-4,6-7,10-13,22-23,26H,1,5,8-9,14-15H2. The second-order valence-corrected chi connectivity index (χ2v) is 8.03. The monoisotopic (exact) mass is 432 g/mol. The fraction of sp³-hybridized carbons (Fsp3) is 0.280. The van der Waals surface area contributed by atoms with Crippen LogP contribution in [-0.4, -0.2) is 23.3 Å². The zero-order chi connectivity index (χ0) is 22.7. The molecule has 0 radical (unpaired) electrons. The summed E-state index contributed by atoms with van der Waals surface area (Å²) >= 11 is 0. The van der Waals surface area contributed by atoms with E-state index in [9.17, 15) is 19.7 Å². The van der Waals surface area contributed by atoms with E-state index >= 15 is 0 Å². The summed E-state index contributed by atoms with van der Waals surface area (Å²) in [5.74, 6) is -1.87. The summed E-state index contributed by atoms with van der Waals surface area (Å²) in [7, 11) is 0. The summed E-state index contributed by atoms with van der Waals surface area (Å²) < 4.78 is 5.60. The lowest BCUT2D eigenvalue weighted by Crippen LogP contribution is -2.41. The molecule has 0 saturated heterocycles. The van der Waals surface area contributed by atoms with Crippen LogP contribution in [0.1, 0.15) is 36.3 Å². The van der Waals surface area contributed by atoms with Crippen LogP contribution in [0.2, 0.25) is 0 Å². The molecule has 1 N–H and O–H groups in total. The number of non-ortho nitro benzene ring substituents is 1. The second-order valence-electron chi connectivity index (χ2n) is 8.03. The molecule has 0 spiro atoms. The molecule has 7 nitrogen and oxygen atoms in total. The average molecular weight is 432 g/mol. The number of nitro groups is 1. The Morgan fingerprint density at radius 3 is 2.53 bits per heavy atom. The topological polar surface area (TPSA) is 98.5 Å². The lowest BCUT2D eigenvalue weighted by atomic mass is 9.71. The molecule has 32 heavy (non-hydrogen) atoms. The average Bonchev–Trinajstić information content (AvgIpc) is 2.79. The van der Waals surface area contributed by atoms with Crippen LogP contribution >= 0.6 is 0 Å². The van der Waals surface area contributed by atoms with Gasteiger partial charge in [0.15, 0.2) is 5.78 Å². The van der Waals surface area contributed by atoms with Crippen molar-refractivity contribution < 1.29 is 19.2 Å². The molecule has 2 unspecified atom stereocenters. The van der Waals surface area contributed by atoms with Gasteiger partial charge in [-0.3, -0.25) is 19.7 Å². The van der Waals surface area contributed by atoms with Gasteiger partial charge >= 0.3 is 5.97 Å². The van der Waals surface area contributed by atoms with Crippen molar-refractivity contribution in [1.29, 1.82) is 0 Å². The highest BCUT2D eigenvalue weighted by Crippen LogP contribution is 2.44. The lowest BCUT2D eigenvalue weighted by Gasteiger charge is -2.38. The molecule has 7 heteroatoms. The van der Waals surface area contributed by atoms with Crippen molar-refractivity contribution in [3.63, 3.8) is 0 Å². The number of rotatable bonds is 6. The van der Waals surface area contributed by atoms with Gasteiger partial charge in [0, 0.05) is 47.9 Å². The van der Waals surface area contributed by atoms with Crippen molar-refractivity contribution in [2.24, 2.45) is 5.92 Å². The predicted molar refractivity (Wildman–Crippen MR) is 119 cm³/mol. The van der Waals surface area contributed by atoms with Gasteiger partial charge in [-0.2, -0.15) is 0 Å². The van der Waals surface area contributed by atoms with Crippen LogP contribution < -0.4 is 5.32 Å². The minimum atomic E-state index is -0.798. The molecule has 0 aromatic heterocycles. The first kappa shape index (κ1) is 21.5. The number of Topliss-reactive ketones (excluding diaryl/α,β-unsaturated/α-hetero) is 1. The fourth-order valence-electron chi connectivity index (χ4n) is 4.44. The minimum absolute atomic E-state index is 0.0170. The van der Waals surface area contributed by atoms with E-state index in [1.54, 1.807) is 12.1 Å². The van der Waals surface area contributed by atoms with E-state index < -0.39 is 22.7 Å². The van der Waals surface area contributed by atoms with Crippen molar-refractivity contribution in [2.75, 3.05) is 6.61 Å². The first-order chi connectivity index (χ1) is 15.5. The van der Waals surface area contributed by atoms with Gasteiger partial charge in [-0.15, -0.1) is 0 Å². The molecule has 0 amide bonds. The highest BCUT2D eigenvalue weighted by atomic mass is 16.6. The van der Waals surface area contributed by atoms with Crippen LogP contribution in [0.15, 0.2) is 78.1 Å². The van der Waals surface area contributed by atoms with Crippen LogP contribution in [0.25, 0.3) is 0 Å². The van der Waals surface area contributed by atoms with E-state index in [4.69, 9.17) is 4.74 Å². The van der Waals surface area contributed by atoms with Gasteiger partial charge in [0.2, 0.25) is 0 Å². The third-order valence-electron chi connectivity index (χ3n) is 5.98. The normalized spacial score (nSPS) is 20.4. The Hall–Kier alpha value is -3.74. The number of carbonyl (C=O) groups is 2. The number of esters is 1. The Balaban J connectivity index is 1.63. The molecule has 2 aromatic carbocycles. The maximum absolute atomic E-state index is 13.2. The molecule has 2 aliphatic rings. The molecule has 2 atom stereocenters. The van der Waals surface area contributed by atoms with Crippen molar-refractivity contribution in [2.45, 2.75) is 31.6 Å². The van der Waals surface area contributed by atoms with Gasteiger partial charge < -0.3 is 10.1 Å². The largest absolute Gasteiger partial charge is 0.465 e.